The van der Waals surface area contributed by atoms with Crippen LogP contribution in [0.3, 0.4) is 0 Å². The van der Waals surface area contributed by atoms with E-state index >= 15 is 0 Å². The van der Waals surface area contributed by atoms with Crippen molar-refractivity contribution in [1.29, 1.82) is 0 Å². The van der Waals surface area contributed by atoms with Gasteiger partial charge in [-0.05, 0) is 31.7 Å². The second kappa shape index (κ2) is 6.02. The molecule has 2 unspecified atom stereocenters. The molecule has 0 N–H and O–H groups in total. The summed E-state index contributed by atoms with van der Waals surface area (Å²) in [5.74, 6) is 0.878. The van der Waals surface area contributed by atoms with Gasteiger partial charge in [-0.1, -0.05) is 36.2 Å². The highest BCUT2D eigenvalue weighted by Gasteiger charge is 2.18. The maximum atomic E-state index is 3.72. The number of hydrogen-bond acceptors (Lipinski definition) is 1. The van der Waals surface area contributed by atoms with Crippen LogP contribution in [-0.2, 0) is 0 Å². The largest absolute Gasteiger partial charge is 0.302 e. The molecule has 1 nitrogen and oxygen atoms in total. The van der Waals surface area contributed by atoms with Gasteiger partial charge < -0.3 is 4.90 Å². The fourth-order valence-corrected chi connectivity index (χ4v) is 2.92. The van der Waals surface area contributed by atoms with Gasteiger partial charge in [-0.2, -0.15) is 0 Å². The maximum absolute atomic E-state index is 3.72. The Morgan fingerprint density at radius 2 is 2.31 bits per heavy atom. The molecule has 0 radical (unpaired) electrons. The van der Waals surface area contributed by atoms with Gasteiger partial charge in [0.15, 0.2) is 0 Å². The molecule has 0 aromatic rings. The number of likely N-dealkylation sites (tertiary alicyclic amines) is 1. The first-order valence-electron chi connectivity index (χ1n) is 5.58. The van der Waals surface area contributed by atoms with Crippen LogP contribution in [0.4, 0.5) is 0 Å². The second-order valence-corrected chi connectivity index (χ2v) is 5.69. The van der Waals surface area contributed by atoms with Crippen LogP contribution in [0.25, 0.3) is 0 Å². The summed E-state index contributed by atoms with van der Waals surface area (Å²) < 4.78 is 0. The van der Waals surface area contributed by atoms with Crippen LogP contribution in [-0.4, -0.2) is 29.4 Å². The molecule has 0 saturated carbocycles. The van der Waals surface area contributed by atoms with Crippen molar-refractivity contribution in [2.75, 3.05) is 19.6 Å². The quantitative estimate of drug-likeness (QED) is 0.690. The average Bonchev–Trinajstić information content (AvgIpc) is 2.04. The minimum atomic E-state index is 0.745. The van der Waals surface area contributed by atoms with E-state index in [0.717, 1.165) is 10.7 Å². The third-order valence-electron chi connectivity index (χ3n) is 2.80. The SMILES string of the molecule is CCCC(C)CN1CCCC(Br)C1. The van der Waals surface area contributed by atoms with Crippen molar-refractivity contribution in [1.82, 2.24) is 4.90 Å². The summed E-state index contributed by atoms with van der Waals surface area (Å²) >= 11 is 3.72. The number of nitrogens with zero attached hydrogens (tertiary/aromatic N) is 1. The molecule has 1 aliphatic rings. The van der Waals surface area contributed by atoms with Gasteiger partial charge in [-0.3, -0.25) is 0 Å². The molecule has 1 aliphatic heterocycles. The molecule has 1 heterocycles. The van der Waals surface area contributed by atoms with Crippen molar-refractivity contribution < 1.29 is 0 Å². The molecule has 78 valence electrons. The van der Waals surface area contributed by atoms with E-state index in [1.165, 1.54) is 45.3 Å². The minimum Gasteiger partial charge on any atom is -0.302 e. The van der Waals surface area contributed by atoms with Crippen molar-refractivity contribution in [3.63, 3.8) is 0 Å². The fourth-order valence-electron chi connectivity index (χ4n) is 2.19. The predicted octanol–water partition coefficient (Wildman–Crippen LogP) is 3.28. The van der Waals surface area contributed by atoms with E-state index in [0.29, 0.717) is 0 Å². The van der Waals surface area contributed by atoms with E-state index in [1.807, 2.05) is 0 Å². The highest BCUT2D eigenvalue weighted by molar-refractivity contribution is 9.09. The molecule has 0 bridgehead atoms. The average molecular weight is 248 g/mol. The highest BCUT2D eigenvalue weighted by Crippen LogP contribution is 2.18. The normalized spacial score (nSPS) is 27.5. The van der Waals surface area contributed by atoms with Gasteiger partial charge >= 0.3 is 0 Å². The van der Waals surface area contributed by atoms with Gasteiger partial charge in [0.05, 0.1) is 0 Å². The smallest absolute Gasteiger partial charge is 0.0273 e. The van der Waals surface area contributed by atoms with E-state index in [9.17, 15) is 0 Å². The van der Waals surface area contributed by atoms with Gasteiger partial charge in [0.1, 0.15) is 0 Å². The summed E-state index contributed by atoms with van der Waals surface area (Å²) in [6.07, 6.45) is 5.43. The summed E-state index contributed by atoms with van der Waals surface area (Å²) in [5, 5.41) is 0. The molecule has 2 atom stereocenters. The van der Waals surface area contributed by atoms with E-state index in [2.05, 4.69) is 34.7 Å². The van der Waals surface area contributed by atoms with Crippen molar-refractivity contribution >= 4 is 15.9 Å². The molecule has 1 saturated heterocycles. The van der Waals surface area contributed by atoms with Crippen LogP contribution < -0.4 is 0 Å². The first-order chi connectivity index (χ1) is 6.22. The lowest BCUT2D eigenvalue weighted by Gasteiger charge is -2.31. The van der Waals surface area contributed by atoms with E-state index in [-0.39, 0.29) is 0 Å². The second-order valence-electron chi connectivity index (χ2n) is 4.39. The molecule has 0 aromatic carbocycles. The topological polar surface area (TPSA) is 3.24 Å². The number of hydrogen-bond donors (Lipinski definition) is 0. The van der Waals surface area contributed by atoms with Crippen molar-refractivity contribution in [3.05, 3.63) is 0 Å². The molecule has 1 fully saturated rings. The zero-order chi connectivity index (χ0) is 9.68. The molecule has 0 spiro atoms. The molecular formula is C11H22BrN. The Hall–Kier alpha value is 0.440. The summed E-state index contributed by atoms with van der Waals surface area (Å²) in [7, 11) is 0. The van der Waals surface area contributed by atoms with Gasteiger partial charge in [0, 0.05) is 17.9 Å². The van der Waals surface area contributed by atoms with Gasteiger partial charge in [0.25, 0.3) is 0 Å². The Labute approximate surface area is 91.0 Å². The van der Waals surface area contributed by atoms with Crippen molar-refractivity contribution in [3.8, 4) is 0 Å². The summed E-state index contributed by atoms with van der Waals surface area (Å²) in [5.41, 5.74) is 0. The standard InChI is InChI=1S/C11H22BrN/c1-3-5-10(2)8-13-7-4-6-11(12)9-13/h10-11H,3-9H2,1-2H3. The van der Waals surface area contributed by atoms with E-state index in [1.54, 1.807) is 0 Å². The predicted molar refractivity (Wildman–Crippen MR) is 62.5 cm³/mol. The first-order valence-corrected chi connectivity index (χ1v) is 6.50. The zero-order valence-corrected chi connectivity index (χ0v) is 10.5. The number of alkyl halides is 1. The molecule has 0 amide bonds. The Morgan fingerprint density at radius 3 is 2.92 bits per heavy atom. The van der Waals surface area contributed by atoms with Crippen LogP contribution in [0.1, 0.15) is 39.5 Å². The lowest BCUT2D eigenvalue weighted by molar-refractivity contribution is 0.202. The van der Waals surface area contributed by atoms with Crippen molar-refractivity contribution in [2.45, 2.75) is 44.4 Å². The van der Waals surface area contributed by atoms with Crippen LogP contribution in [0.15, 0.2) is 0 Å². The Morgan fingerprint density at radius 1 is 1.54 bits per heavy atom. The fraction of sp³-hybridized carbons (Fsp3) is 1.00. The Bertz CT molecular complexity index is 138. The number of rotatable bonds is 4. The monoisotopic (exact) mass is 247 g/mol. The first kappa shape index (κ1) is 11.5. The Kier molecular flexibility index (Phi) is 5.34. The number of halogens is 1. The maximum Gasteiger partial charge on any atom is 0.0273 e. The summed E-state index contributed by atoms with van der Waals surface area (Å²) in [6, 6.07) is 0. The highest BCUT2D eigenvalue weighted by atomic mass is 79.9. The van der Waals surface area contributed by atoms with Gasteiger partial charge in [-0.15, -0.1) is 0 Å². The van der Waals surface area contributed by atoms with Gasteiger partial charge in [0.2, 0.25) is 0 Å². The third kappa shape index (κ3) is 4.46. The van der Waals surface area contributed by atoms with Crippen LogP contribution in [0, 0.1) is 5.92 Å². The molecule has 13 heavy (non-hydrogen) atoms. The molecule has 0 aromatic heterocycles. The van der Waals surface area contributed by atoms with Gasteiger partial charge in [-0.25, -0.2) is 0 Å². The van der Waals surface area contributed by atoms with Crippen LogP contribution in [0.5, 0.6) is 0 Å². The van der Waals surface area contributed by atoms with Crippen molar-refractivity contribution in [2.24, 2.45) is 5.92 Å². The summed E-state index contributed by atoms with van der Waals surface area (Å²) in [6.45, 7) is 8.53. The zero-order valence-electron chi connectivity index (χ0n) is 8.93. The van der Waals surface area contributed by atoms with E-state index in [4.69, 9.17) is 0 Å². The molecule has 0 aliphatic carbocycles. The molecular weight excluding hydrogens is 226 g/mol. The molecule has 2 heteroatoms. The molecule has 1 rings (SSSR count). The third-order valence-corrected chi connectivity index (χ3v) is 3.55. The lowest BCUT2D eigenvalue weighted by Crippen LogP contribution is -2.38. The number of piperidine rings is 1. The van der Waals surface area contributed by atoms with Crippen LogP contribution in [0.2, 0.25) is 0 Å². The minimum absolute atomic E-state index is 0.745. The van der Waals surface area contributed by atoms with Crippen LogP contribution >= 0.6 is 15.9 Å². The van der Waals surface area contributed by atoms with E-state index < -0.39 is 0 Å². The lowest BCUT2D eigenvalue weighted by atomic mass is 10.0. The summed E-state index contributed by atoms with van der Waals surface area (Å²) in [4.78, 5) is 3.36. The Balaban J connectivity index is 2.19.